The molecule has 0 saturated carbocycles. The Kier molecular flexibility index (Phi) is 7.93. The highest BCUT2D eigenvalue weighted by molar-refractivity contribution is 5.94. The van der Waals surface area contributed by atoms with E-state index in [4.69, 9.17) is 4.74 Å². The van der Waals surface area contributed by atoms with E-state index in [9.17, 15) is 4.79 Å². The van der Waals surface area contributed by atoms with Crippen LogP contribution in [0.5, 0.6) is 0 Å². The van der Waals surface area contributed by atoms with E-state index in [-0.39, 0.29) is 11.9 Å². The number of amides is 1. The van der Waals surface area contributed by atoms with Crippen molar-refractivity contribution >= 4 is 23.4 Å². The van der Waals surface area contributed by atoms with Gasteiger partial charge in [-0.25, -0.2) is 0 Å². The maximum Gasteiger partial charge on any atom is 0.241 e. The zero-order valence-electron chi connectivity index (χ0n) is 19.0. The molecule has 2 aliphatic heterocycles. The molecule has 32 heavy (non-hydrogen) atoms. The molecule has 2 fully saturated rings. The minimum atomic E-state index is -0.143. The molecule has 2 aromatic rings. The van der Waals surface area contributed by atoms with E-state index >= 15 is 0 Å². The second-order valence-electron chi connectivity index (χ2n) is 8.46. The second kappa shape index (κ2) is 11.3. The van der Waals surface area contributed by atoms with Crippen LogP contribution < -0.4 is 10.2 Å². The molecule has 6 nitrogen and oxygen atoms in total. The number of hydrogen-bond acceptors (Lipinski definition) is 5. The molecule has 2 heterocycles. The van der Waals surface area contributed by atoms with Crippen LogP contribution in [-0.4, -0.2) is 80.8 Å². The quantitative estimate of drug-likeness (QED) is 0.725. The molecule has 4 rings (SSSR count). The topological polar surface area (TPSA) is 48.1 Å². The van der Waals surface area contributed by atoms with Gasteiger partial charge in [0, 0.05) is 57.2 Å². The fourth-order valence-corrected chi connectivity index (χ4v) is 4.22. The highest BCUT2D eigenvalue weighted by Crippen LogP contribution is 2.19. The Balaban J connectivity index is 1.21. The van der Waals surface area contributed by atoms with E-state index in [1.807, 2.05) is 25.1 Å². The molecule has 0 spiro atoms. The van der Waals surface area contributed by atoms with Gasteiger partial charge in [0.1, 0.15) is 0 Å². The van der Waals surface area contributed by atoms with Gasteiger partial charge < -0.3 is 15.0 Å². The molecule has 2 aromatic carbocycles. The van der Waals surface area contributed by atoms with Crippen molar-refractivity contribution in [3.05, 3.63) is 66.2 Å². The summed E-state index contributed by atoms with van der Waals surface area (Å²) in [6.07, 6.45) is 4.40. The van der Waals surface area contributed by atoms with Crippen LogP contribution in [0.1, 0.15) is 12.5 Å². The van der Waals surface area contributed by atoms with E-state index in [0.717, 1.165) is 64.7 Å². The Morgan fingerprint density at radius 2 is 1.66 bits per heavy atom. The van der Waals surface area contributed by atoms with Gasteiger partial charge in [-0.3, -0.25) is 14.6 Å². The molecule has 0 bridgehead atoms. The predicted molar refractivity (Wildman–Crippen MR) is 131 cm³/mol. The predicted octanol–water partition coefficient (Wildman–Crippen LogP) is 3.18. The average molecular weight is 435 g/mol. The number of nitrogens with zero attached hydrogens (tertiary/aromatic N) is 3. The lowest BCUT2D eigenvalue weighted by Crippen LogP contribution is -2.52. The van der Waals surface area contributed by atoms with Crippen LogP contribution in [-0.2, 0) is 9.53 Å². The maximum atomic E-state index is 12.8. The zero-order valence-corrected chi connectivity index (χ0v) is 19.0. The molecule has 6 heteroatoms. The molecule has 2 saturated heterocycles. The molecule has 1 unspecified atom stereocenters. The summed E-state index contributed by atoms with van der Waals surface area (Å²) in [4.78, 5) is 19.8. The first-order chi connectivity index (χ1) is 15.7. The smallest absolute Gasteiger partial charge is 0.241 e. The van der Waals surface area contributed by atoms with Gasteiger partial charge in [-0.05, 0) is 36.8 Å². The Morgan fingerprint density at radius 3 is 2.34 bits per heavy atom. The lowest BCUT2D eigenvalue weighted by molar-refractivity contribution is -0.121. The number of ether oxygens (including phenoxy) is 1. The van der Waals surface area contributed by atoms with Crippen LogP contribution in [0.2, 0.25) is 0 Å². The number of hydrogen-bond donors (Lipinski definition) is 1. The average Bonchev–Trinajstić information content (AvgIpc) is 2.86. The maximum absolute atomic E-state index is 12.8. The molecule has 1 amide bonds. The minimum absolute atomic E-state index is 0.0570. The number of anilines is 2. The number of morpholine rings is 1. The number of benzene rings is 2. The second-order valence-corrected chi connectivity index (χ2v) is 8.46. The summed E-state index contributed by atoms with van der Waals surface area (Å²) in [6, 6.07) is 18.4. The fraction of sp³-hybridized carbons (Fsp3) is 0.423. The summed E-state index contributed by atoms with van der Waals surface area (Å²) in [5.74, 6) is 0.0570. The number of carbonyl (C=O) groups excluding carboxylic acids is 1. The molecule has 170 valence electrons. The van der Waals surface area contributed by atoms with Gasteiger partial charge in [-0.1, -0.05) is 42.5 Å². The van der Waals surface area contributed by atoms with Crippen LogP contribution in [0.4, 0.5) is 11.4 Å². The van der Waals surface area contributed by atoms with Crippen LogP contribution >= 0.6 is 0 Å². The molecular formula is C26H34N4O2. The fourth-order valence-electron chi connectivity index (χ4n) is 4.22. The van der Waals surface area contributed by atoms with Crippen LogP contribution in [0, 0.1) is 0 Å². The van der Waals surface area contributed by atoms with Crippen molar-refractivity contribution in [2.24, 2.45) is 0 Å². The van der Waals surface area contributed by atoms with E-state index in [2.05, 4.69) is 68.6 Å². The van der Waals surface area contributed by atoms with E-state index < -0.39 is 0 Å². The van der Waals surface area contributed by atoms with Crippen molar-refractivity contribution in [2.45, 2.75) is 13.0 Å². The Bertz CT molecular complexity index is 870. The summed E-state index contributed by atoms with van der Waals surface area (Å²) < 4.78 is 5.42. The highest BCUT2D eigenvalue weighted by atomic mass is 16.5. The molecule has 2 aliphatic rings. The van der Waals surface area contributed by atoms with Crippen LogP contribution in [0.15, 0.2) is 60.7 Å². The number of carbonyl (C=O) groups is 1. The van der Waals surface area contributed by atoms with E-state index in [0.29, 0.717) is 0 Å². The Labute approximate surface area is 191 Å². The summed E-state index contributed by atoms with van der Waals surface area (Å²) >= 11 is 0. The van der Waals surface area contributed by atoms with Gasteiger partial charge in [-0.15, -0.1) is 0 Å². The first-order valence-electron chi connectivity index (χ1n) is 11.6. The van der Waals surface area contributed by atoms with Crippen molar-refractivity contribution in [1.82, 2.24) is 9.80 Å². The van der Waals surface area contributed by atoms with E-state index in [1.165, 1.54) is 11.3 Å². The van der Waals surface area contributed by atoms with Crippen molar-refractivity contribution < 1.29 is 9.53 Å². The molecular weight excluding hydrogens is 400 g/mol. The third-order valence-electron chi connectivity index (χ3n) is 6.32. The Morgan fingerprint density at radius 1 is 0.969 bits per heavy atom. The van der Waals surface area contributed by atoms with E-state index in [1.54, 1.807) is 0 Å². The van der Waals surface area contributed by atoms with Crippen LogP contribution in [0.3, 0.4) is 0 Å². The summed E-state index contributed by atoms with van der Waals surface area (Å²) in [5.41, 5.74) is 3.26. The normalized spacial score (nSPS) is 19.2. The summed E-state index contributed by atoms with van der Waals surface area (Å²) in [6.45, 7) is 10.1. The lowest BCUT2D eigenvalue weighted by Gasteiger charge is -2.37. The Hall–Kier alpha value is -2.67. The zero-order chi connectivity index (χ0) is 22.2. The van der Waals surface area contributed by atoms with Crippen molar-refractivity contribution in [2.75, 3.05) is 69.2 Å². The standard InChI is InChI=1S/C26H34N4O2/c1-22(26(31)27-24-9-11-25(12-10-24)30-18-20-32-21-19-30)29-16-14-28(15-17-29)13-5-8-23-6-3-2-4-7-23/h2-12,22H,13-21H2,1H3,(H,27,31). The number of piperazine rings is 1. The first kappa shape index (κ1) is 22.5. The monoisotopic (exact) mass is 434 g/mol. The van der Waals surface area contributed by atoms with Gasteiger partial charge in [0.15, 0.2) is 0 Å². The van der Waals surface area contributed by atoms with Crippen molar-refractivity contribution in [3.8, 4) is 0 Å². The molecule has 1 atom stereocenters. The van der Waals surface area contributed by atoms with Gasteiger partial charge in [-0.2, -0.15) is 0 Å². The summed E-state index contributed by atoms with van der Waals surface area (Å²) in [5, 5.41) is 3.08. The lowest BCUT2D eigenvalue weighted by atomic mass is 10.2. The highest BCUT2D eigenvalue weighted by Gasteiger charge is 2.25. The SMILES string of the molecule is CC(C(=O)Nc1ccc(N2CCOCC2)cc1)N1CCN(CC=Cc2ccccc2)CC1. The van der Waals surface area contributed by atoms with Gasteiger partial charge >= 0.3 is 0 Å². The van der Waals surface area contributed by atoms with Crippen LogP contribution in [0.25, 0.3) is 6.08 Å². The molecule has 0 radical (unpaired) electrons. The summed E-state index contributed by atoms with van der Waals surface area (Å²) in [7, 11) is 0. The van der Waals surface area contributed by atoms with Crippen molar-refractivity contribution in [1.29, 1.82) is 0 Å². The van der Waals surface area contributed by atoms with Gasteiger partial charge in [0.25, 0.3) is 0 Å². The third-order valence-corrected chi connectivity index (χ3v) is 6.32. The molecule has 0 aromatic heterocycles. The van der Waals surface area contributed by atoms with Crippen molar-refractivity contribution in [3.63, 3.8) is 0 Å². The molecule has 0 aliphatic carbocycles. The van der Waals surface area contributed by atoms with Gasteiger partial charge in [0.2, 0.25) is 5.91 Å². The largest absolute Gasteiger partial charge is 0.378 e. The van der Waals surface area contributed by atoms with Gasteiger partial charge in [0.05, 0.1) is 19.3 Å². The first-order valence-corrected chi connectivity index (χ1v) is 11.6. The molecule has 1 N–H and O–H groups in total. The number of rotatable bonds is 7. The third kappa shape index (κ3) is 6.19. The minimum Gasteiger partial charge on any atom is -0.378 e. The number of nitrogens with one attached hydrogen (secondary N) is 1.